The van der Waals surface area contributed by atoms with Gasteiger partial charge >= 0.3 is 6.09 Å². The predicted molar refractivity (Wildman–Crippen MR) is 81.0 cm³/mol. The van der Waals surface area contributed by atoms with Crippen LogP contribution in [0.3, 0.4) is 0 Å². The summed E-state index contributed by atoms with van der Waals surface area (Å²) in [6, 6.07) is 9.77. The van der Waals surface area contributed by atoms with Crippen LogP contribution in [0.15, 0.2) is 30.3 Å². The molecule has 2 unspecified atom stereocenters. The molecule has 1 aliphatic heterocycles. The third-order valence-electron chi connectivity index (χ3n) is 3.72. The summed E-state index contributed by atoms with van der Waals surface area (Å²) in [6.07, 6.45) is 1.12. The summed E-state index contributed by atoms with van der Waals surface area (Å²) in [7, 11) is 0. The minimum atomic E-state index is -0.493. The monoisotopic (exact) mass is 292 g/mol. The van der Waals surface area contributed by atoms with Crippen molar-refractivity contribution in [3.63, 3.8) is 0 Å². The number of hydrogen-bond donors (Lipinski definition) is 2. The highest BCUT2D eigenvalue weighted by Gasteiger charge is 2.23. The van der Waals surface area contributed by atoms with Crippen LogP contribution < -0.4 is 5.32 Å². The smallest absolute Gasteiger partial charge is 0.407 e. The van der Waals surface area contributed by atoms with E-state index in [1.54, 1.807) is 6.92 Å². The van der Waals surface area contributed by atoms with Crippen molar-refractivity contribution in [2.75, 3.05) is 26.2 Å². The average Bonchev–Trinajstić information content (AvgIpc) is 2.48. The Balaban J connectivity index is 1.82. The molecular weight excluding hydrogens is 268 g/mol. The van der Waals surface area contributed by atoms with Crippen molar-refractivity contribution in [3.05, 3.63) is 35.9 Å². The number of carbonyl (C=O) groups is 1. The lowest BCUT2D eigenvalue weighted by Gasteiger charge is -2.34. The molecule has 116 valence electrons. The molecule has 1 aromatic carbocycles. The highest BCUT2D eigenvalue weighted by Crippen LogP contribution is 2.17. The van der Waals surface area contributed by atoms with E-state index in [4.69, 9.17) is 4.74 Å². The van der Waals surface area contributed by atoms with Gasteiger partial charge in [-0.25, -0.2) is 4.79 Å². The molecule has 2 rings (SSSR count). The van der Waals surface area contributed by atoms with Gasteiger partial charge in [-0.3, -0.25) is 4.90 Å². The minimum absolute atomic E-state index is 0.0979. The van der Waals surface area contributed by atoms with E-state index in [1.807, 2.05) is 30.3 Å². The second kappa shape index (κ2) is 8.00. The third-order valence-corrected chi connectivity index (χ3v) is 3.72. The van der Waals surface area contributed by atoms with Crippen molar-refractivity contribution in [2.24, 2.45) is 0 Å². The average molecular weight is 292 g/mol. The molecule has 5 nitrogen and oxygen atoms in total. The minimum Gasteiger partial charge on any atom is -0.450 e. The zero-order chi connectivity index (χ0) is 15.1. The number of amides is 1. The van der Waals surface area contributed by atoms with Gasteiger partial charge in [0, 0.05) is 19.1 Å². The molecule has 21 heavy (non-hydrogen) atoms. The largest absolute Gasteiger partial charge is 0.450 e. The van der Waals surface area contributed by atoms with Gasteiger partial charge < -0.3 is 15.2 Å². The fraction of sp³-hybridized carbons (Fsp3) is 0.562. The molecule has 0 bridgehead atoms. The number of nitrogens with zero attached hydrogens (tertiary/aromatic N) is 1. The number of alkyl carbamates (subject to hydrolysis) is 1. The quantitative estimate of drug-likeness (QED) is 0.870. The molecular formula is C16H24N2O3. The molecule has 1 fully saturated rings. The number of carbonyl (C=O) groups excluding carboxylic acids is 1. The predicted octanol–water partition coefficient (Wildman–Crippen LogP) is 1.93. The molecule has 1 heterocycles. The summed E-state index contributed by atoms with van der Waals surface area (Å²) in [5.74, 6) is 0. The lowest BCUT2D eigenvalue weighted by atomic mass is 10.0. The number of nitrogens with one attached hydrogen (secondary N) is 1. The van der Waals surface area contributed by atoms with Crippen molar-refractivity contribution >= 4 is 6.09 Å². The Kier molecular flexibility index (Phi) is 6.02. The molecule has 0 spiro atoms. The number of likely N-dealkylation sites (tertiary alicyclic amines) is 1. The lowest BCUT2D eigenvalue weighted by Crippen LogP contribution is -2.48. The van der Waals surface area contributed by atoms with Crippen LogP contribution >= 0.6 is 0 Å². The van der Waals surface area contributed by atoms with E-state index in [2.05, 4.69) is 10.2 Å². The topological polar surface area (TPSA) is 61.8 Å². The first kappa shape index (κ1) is 15.8. The van der Waals surface area contributed by atoms with Crippen LogP contribution in [0.4, 0.5) is 4.79 Å². The second-order valence-corrected chi connectivity index (χ2v) is 5.39. The first-order chi connectivity index (χ1) is 10.2. The van der Waals surface area contributed by atoms with Crippen LogP contribution in [0.2, 0.25) is 0 Å². The summed E-state index contributed by atoms with van der Waals surface area (Å²) in [5.41, 5.74) is 0.929. The van der Waals surface area contributed by atoms with Gasteiger partial charge in [-0.15, -0.1) is 0 Å². The van der Waals surface area contributed by atoms with Crippen molar-refractivity contribution in [2.45, 2.75) is 31.9 Å². The number of aliphatic hydroxyl groups is 1. The number of benzene rings is 1. The molecule has 0 saturated carbocycles. The van der Waals surface area contributed by atoms with Crippen LogP contribution in [0.25, 0.3) is 0 Å². The Morgan fingerprint density at radius 3 is 2.95 bits per heavy atom. The van der Waals surface area contributed by atoms with Gasteiger partial charge in [0.05, 0.1) is 12.7 Å². The Hall–Kier alpha value is -1.59. The van der Waals surface area contributed by atoms with E-state index < -0.39 is 6.10 Å². The molecule has 0 radical (unpaired) electrons. The zero-order valence-corrected chi connectivity index (χ0v) is 12.5. The van der Waals surface area contributed by atoms with Crippen LogP contribution in [0.5, 0.6) is 0 Å². The molecule has 1 aromatic rings. The molecule has 1 saturated heterocycles. The van der Waals surface area contributed by atoms with Crippen molar-refractivity contribution in [1.82, 2.24) is 10.2 Å². The highest BCUT2D eigenvalue weighted by molar-refractivity contribution is 5.67. The molecule has 0 aromatic heterocycles. The summed E-state index contributed by atoms with van der Waals surface area (Å²) in [4.78, 5) is 13.7. The summed E-state index contributed by atoms with van der Waals surface area (Å²) >= 11 is 0. The van der Waals surface area contributed by atoms with E-state index in [0.717, 1.165) is 31.5 Å². The van der Waals surface area contributed by atoms with E-state index >= 15 is 0 Å². The number of β-amino-alcohol motifs (C(OH)–C–C–N with tert-alkyl or cyclic N) is 1. The number of ether oxygens (including phenoxy) is 1. The highest BCUT2D eigenvalue weighted by atomic mass is 16.5. The van der Waals surface area contributed by atoms with Gasteiger partial charge in [-0.05, 0) is 31.9 Å². The number of aliphatic hydroxyl groups excluding tert-OH is 1. The van der Waals surface area contributed by atoms with Gasteiger partial charge in [0.1, 0.15) is 0 Å². The first-order valence-corrected chi connectivity index (χ1v) is 7.57. The summed E-state index contributed by atoms with van der Waals surface area (Å²) < 4.78 is 4.91. The van der Waals surface area contributed by atoms with Crippen molar-refractivity contribution < 1.29 is 14.6 Å². The van der Waals surface area contributed by atoms with Gasteiger partial charge in [-0.2, -0.15) is 0 Å². The maximum atomic E-state index is 11.5. The molecule has 5 heteroatoms. The van der Waals surface area contributed by atoms with E-state index in [0.29, 0.717) is 13.2 Å². The standard InChI is InChI=1S/C16H24N2O3/c1-2-21-16(20)17-14-9-6-10-18(11-14)12-15(19)13-7-4-3-5-8-13/h3-5,7-8,14-15,19H,2,6,9-12H2,1H3,(H,17,20). The van der Waals surface area contributed by atoms with Crippen LogP contribution in [-0.4, -0.2) is 48.4 Å². The summed E-state index contributed by atoms with van der Waals surface area (Å²) in [6.45, 7) is 4.47. The third kappa shape index (κ3) is 5.02. The molecule has 2 N–H and O–H groups in total. The van der Waals surface area contributed by atoms with E-state index in [-0.39, 0.29) is 12.1 Å². The normalized spacial score (nSPS) is 20.8. The van der Waals surface area contributed by atoms with E-state index in [1.165, 1.54) is 0 Å². The van der Waals surface area contributed by atoms with E-state index in [9.17, 15) is 9.90 Å². The van der Waals surface area contributed by atoms with Crippen LogP contribution in [-0.2, 0) is 4.74 Å². The Morgan fingerprint density at radius 1 is 1.48 bits per heavy atom. The molecule has 2 atom stereocenters. The molecule has 1 aliphatic rings. The van der Waals surface area contributed by atoms with Crippen molar-refractivity contribution in [3.8, 4) is 0 Å². The fourth-order valence-electron chi connectivity index (χ4n) is 2.70. The van der Waals surface area contributed by atoms with Crippen molar-refractivity contribution in [1.29, 1.82) is 0 Å². The van der Waals surface area contributed by atoms with Crippen LogP contribution in [0, 0.1) is 0 Å². The Morgan fingerprint density at radius 2 is 2.24 bits per heavy atom. The maximum absolute atomic E-state index is 11.5. The molecule has 1 amide bonds. The van der Waals surface area contributed by atoms with Gasteiger partial charge in [0.25, 0.3) is 0 Å². The van der Waals surface area contributed by atoms with Gasteiger partial charge in [-0.1, -0.05) is 30.3 Å². The zero-order valence-electron chi connectivity index (χ0n) is 12.5. The van der Waals surface area contributed by atoms with Gasteiger partial charge in [0.2, 0.25) is 0 Å². The first-order valence-electron chi connectivity index (χ1n) is 7.57. The molecule has 0 aliphatic carbocycles. The number of hydrogen-bond acceptors (Lipinski definition) is 4. The second-order valence-electron chi connectivity index (χ2n) is 5.39. The van der Waals surface area contributed by atoms with Crippen LogP contribution in [0.1, 0.15) is 31.4 Å². The fourth-order valence-corrected chi connectivity index (χ4v) is 2.70. The number of rotatable bonds is 5. The van der Waals surface area contributed by atoms with Gasteiger partial charge in [0.15, 0.2) is 0 Å². The Labute approximate surface area is 125 Å². The maximum Gasteiger partial charge on any atom is 0.407 e. The lowest BCUT2D eigenvalue weighted by molar-refractivity contribution is 0.0878. The Bertz CT molecular complexity index is 438. The number of piperidine rings is 1. The summed E-state index contributed by atoms with van der Waals surface area (Å²) in [5, 5.41) is 13.1. The SMILES string of the molecule is CCOC(=O)NC1CCCN(CC(O)c2ccccc2)C1.